The summed E-state index contributed by atoms with van der Waals surface area (Å²) in [7, 11) is -3.49. The number of methoxy groups -OCH3 is 1. The molecule has 3 aliphatic rings. The summed E-state index contributed by atoms with van der Waals surface area (Å²) in [5.41, 5.74) is 0.405. The van der Waals surface area contributed by atoms with Gasteiger partial charge in [0.25, 0.3) is 5.91 Å². The number of amides is 1. The molecule has 1 saturated heterocycles. The van der Waals surface area contributed by atoms with Crippen LogP contribution in [0.3, 0.4) is 0 Å². The molecule has 4 atom stereocenters. The fraction of sp³-hybridized carbons (Fsp3) is 0.389. The first kappa shape index (κ1) is 18.1. The van der Waals surface area contributed by atoms with E-state index in [9.17, 15) is 18.9 Å². The summed E-state index contributed by atoms with van der Waals surface area (Å²) in [4.78, 5) is 11.9. The number of phosphoric ester groups is 1. The van der Waals surface area contributed by atoms with E-state index in [1.54, 1.807) is 12.1 Å². The molecule has 0 aliphatic carbocycles. The zero-order valence-corrected chi connectivity index (χ0v) is 16.9. The minimum absolute atomic E-state index is 0.0634. The fourth-order valence-electron chi connectivity index (χ4n) is 2.98. The maximum Gasteiger partial charge on any atom is 0.530 e. The molecule has 1 aromatic rings. The monoisotopic (exact) mass is 463 g/mol. The normalized spacial score (nSPS) is 37.0. The largest absolute Gasteiger partial charge is 0.530 e. The second-order valence-corrected chi connectivity index (χ2v) is 8.11. The number of aliphatic hydroxyl groups excluding tert-OH is 1. The summed E-state index contributed by atoms with van der Waals surface area (Å²) in [6.45, 7) is -0.577. The molecule has 1 amide bonds. The van der Waals surface area contributed by atoms with E-state index < -0.39 is 56.5 Å². The molecule has 10 nitrogen and oxygen atoms in total. The predicted molar refractivity (Wildman–Crippen MR) is 99.6 cm³/mol. The van der Waals surface area contributed by atoms with Gasteiger partial charge >= 0.3 is 7.82 Å². The Kier molecular flexibility index (Phi) is 4.60. The summed E-state index contributed by atoms with van der Waals surface area (Å²) in [5, 5.41) is 12.3. The number of alkyl halides is 1. The lowest BCUT2D eigenvalue weighted by atomic mass is 10.1. The van der Waals surface area contributed by atoms with E-state index in [1.165, 1.54) is 13.2 Å². The number of carbonyl (C=O) groups is 1. The minimum atomic E-state index is -4.80. The average Bonchev–Trinajstić information content (AvgIpc) is 3.00. The van der Waals surface area contributed by atoms with Crippen molar-refractivity contribution in [2.75, 3.05) is 13.7 Å². The van der Waals surface area contributed by atoms with E-state index in [-0.39, 0.29) is 18.1 Å². The average molecular weight is 463 g/mol. The van der Waals surface area contributed by atoms with Gasteiger partial charge in [0.05, 0.1) is 17.8 Å². The molecule has 0 aromatic heterocycles. The summed E-state index contributed by atoms with van der Waals surface area (Å²) < 4.78 is 92.0. The van der Waals surface area contributed by atoms with Crippen LogP contribution in [0.1, 0.15) is 16.1 Å². The third-order valence-electron chi connectivity index (χ3n) is 4.42. The number of aliphatic hydroxyl groups is 1. The molecular weight excluding hydrogens is 441 g/mol. The highest BCUT2D eigenvalue weighted by Gasteiger charge is 2.52. The Morgan fingerprint density at radius 1 is 1.58 bits per heavy atom. The molecule has 3 heterocycles. The van der Waals surface area contributed by atoms with Crippen molar-refractivity contribution >= 4 is 13.7 Å². The van der Waals surface area contributed by atoms with Gasteiger partial charge in [0, 0.05) is 18.2 Å². The topological polar surface area (TPSA) is 116 Å². The Morgan fingerprint density at radius 2 is 2.35 bits per heavy atom. The Balaban J connectivity index is 1.60. The first-order chi connectivity index (χ1) is 15.7. The highest BCUT2D eigenvalue weighted by Crippen LogP contribution is 2.57. The van der Waals surface area contributed by atoms with Crippen LogP contribution in [0.4, 0.5) is 8.78 Å². The number of halogens is 2. The number of ether oxygens (including phenoxy) is 2. The number of hydrogen-bond acceptors (Lipinski definition) is 9. The van der Waals surface area contributed by atoms with E-state index in [4.69, 9.17) is 27.2 Å². The number of nitrogens with one attached hydrogen (secondary N) is 1. The highest BCUT2D eigenvalue weighted by atomic mass is 31.2. The van der Waals surface area contributed by atoms with E-state index in [2.05, 4.69) is 6.58 Å². The SMILES string of the molecule is [2H]C([2H])(OP1(=O)OCc2cccc(OC)c2O1)[C@]1(F)C[C@@H](O)[C@]([2H])(N2C=C(F)C(=O)NC2=C)O1. The van der Waals surface area contributed by atoms with Gasteiger partial charge in [0.15, 0.2) is 17.7 Å². The molecule has 31 heavy (non-hydrogen) atoms. The number of benzene rings is 1. The first-order valence-corrected chi connectivity index (χ1v) is 10.2. The van der Waals surface area contributed by atoms with E-state index in [0.29, 0.717) is 16.7 Å². The lowest BCUT2D eigenvalue weighted by Crippen LogP contribution is -2.46. The minimum Gasteiger partial charge on any atom is -0.493 e. The molecule has 0 spiro atoms. The summed E-state index contributed by atoms with van der Waals surface area (Å²) in [6.07, 6.45) is -5.76. The lowest BCUT2D eigenvalue weighted by Gasteiger charge is -2.33. The van der Waals surface area contributed by atoms with Crippen LogP contribution in [0.2, 0.25) is 0 Å². The molecule has 1 fully saturated rings. The van der Waals surface area contributed by atoms with Gasteiger partial charge in [-0.25, -0.2) is 8.96 Å². The van der Waals surface area contributed by atoms with Crippen LogP contribution in [0, 0.1) is 0 Å². The Hall–Kier alpha value is -2.50. The smallest absolute Gasteiger partial charge is 0.493 e. The molecule has 1 aromatic carbocycles. The van der Waals surface area contributed by atoms with Crippen molar-refractivity contribution < 1.29 is 50.4 Å². The zero-order valence-electron chi connectivity index (χ0n) is 19.0. The van der Waals surface area contributed by atoms with Crippen LogP contribution >= 0.6 is 7.82 Å². The third kappa shape index (κ3) is 4.17. The fourth-order valence-corrected chi connectivity index (χ4v) is 4.10. The standard InChI is InChI=1S/C18H19F2N2O8P/c1-10-21-16(24)12(19)7-22(10)17-13(23)6-18(20,29-17)9-28-31(25)27-8-11-4-3-5-14(26-2)15(11)30-31/h3-5,7,13,17,23H,1,6,8-9H2,2H3,(H,21,24)/t13-,17-,18+,31?/m1/s1/i9D2,17D. The van der Waals surface area contributed by atoms with Gasteiger partial charge in [0.1, 0.15) is 18.5 Å². The number of hydrogen-bond donors (Lipinski definition) is 2. The molecule has 1 unspecified atom stereocenters. The van der Waals surface area contributed by atoms with Crippen LogP contribution < -0.4 is 14.6 Å². The van der Waals surface area contributed by atoms with Crippen molar-refractivity contribution in [3.63, 3.8) is 0 Å². The number of phosphoric acid groups is 1. The zero-order chi connectivity index (χ0) is 25.1. The molecule has 4 rings (SSSR count). The second-order valence-electron chi connectivity index (χ2n) is 6.59. The van der Waals surface area contributed by atoms with Crippen LogP contribution in [0.15, 0.2) is 42.6 Å². The maximum absolute atomic E-state index is 15.7. The number of nitrogens with zero attached hydrogens (tertiary/aromatic N) is 1. The van der Waals surface area contributed by atoms with Crippen LogP contribution in [0.25, 0.3) is 0 Å². The van der Waals surface area contributed by atoms with Gasteiger partial charge in [-0.3, -0.25) is 13.8 Å². The van der Waals surface area contributed by atoms with Gasteiger partial charge in [-0.15, -0.1) is 0 Å². The number of fused-ring (bicyclic) bond motifs is 1. The Morgan fingerprint density at radius 3 is 3.10 bits per heavy atom. The van der Waals surface area contributed by atoms with Crippen LogP contribution in [-0.2, 0) is 29.8 Å². The first-order valence-electron chi connectivity index (χ1n) is 10.3. The molecule has 2 N–H and O–H groups in total. The Bertz CT molecular complexity index is 1130. The molecule has 0 radical (unpaired) electrons. The molecular formula is C18H19F2N2O8P. The van der Waals surface area contributed by atoms with Crippen molar-refractivity contribution in [3.8, 4) is 11.5 Å². The maximum atomic E-state index is 15.7. The summed E-state index contributed by atoms with van der Waals surface area (Å²) in [6, 6.07) is 4.64. The molecule has 0 saturated carbocycles. The van der Waals surface area contributed by atoms with Gasteiger partial charge in [-0.1, -0.05) is 18.7 Å². The quantitative estimate of drug-likeness (QED) is 0.634. The van der Waals surface area contributed by atoms with Crippen LogP contribution in [-0.4, -0.2) is 47.7 Å². The van der Waals surface area contributed by atoms with Crippen molar-refractivity contribution in [1.82, 2.24) is 10.2 Å². The van der Waals surface area contributed by atoms with Gasteiger partial charge in [-0.2, -0.15) is 4.39 Å². The van der Waals surface area contributed by atoms with E-state index >= 15 is 4.39 Å². The summed E-state index contributed by atoms with van der Waals surface area (Å²) in [5.74, 6) is -6.56. The Labute approximate surface area is 179 Å². The molecule has 3 aliphatic heterocycles. The highest BCUT2D eigenvalue weighted by molar-refractivity contribution is 7.49. The molecule has 168 valence electrons. The predicted octanol–water partition coefficient (Wildman–Crippen LogP) is 2.22. The van der Waals surface area contributed by atoms with Crippen molar-refractivity contribution in [2.45, 2.75) is 31.2 Å². The van der Waals surface area contributed by atoms with Gasteiger partial charge in [0.2, 0.25) is 11.7 Å². The lowest BCUT2D eigenvalue weighted by molar-refractivity contribution is -0.184. The number of para-hydroxylation sites is 1. The number of carbonyl (C=O) groups excluding carboxylic acids is 1. The molecule has 13 heteroatoms. The van der Waals surface area contributed by atoms with E-state index in [1.807, 2.05) is 5.32 Å². The third-order valence-corrected chi connectivity index (χ3v) is 5.59. The van der Waals surface area contributed by atoms with Crippen molar-refractivity contribution in [1.29, 1.82) is 0 Å². The van der Waals surface area contributed by atoms with E-state index in [0.717, 1.165) is 0 Å². The van der Waals surface area contributed by atoms with Gasteiger partial charge < -0.3 is 29.3 Å². The second kappa shape index (κ2) is 7.88. The van der Waals surface area contributed by atoms with Crippen molar-refractivity contribution in [3.05, 3.63) is 48.2 Å². The van der Waals surface area contributed by atoms with Gasteiger partial charge in [-0.05, 0) is 6.07 Å². The number of rotatable bonds is 5. The van der Waals surface area contributed by atoms with Crippen molar-refractivity contribution in [2.24, 2.45) is 0 Å². The van der Waals surface area contributed by atoms with Crippen LogP contribution in [0.5, 0.6) is 11.5 Å². The molecule has 0 bridgehead atoms. The summed E-state index contributed by atoms with van der Waals surface area (Å²) >= 11 is 0.